The van der Waals surface area contributed by atoms with Gasteiger partial charge in [-0.15, -0.1) is 0 Å². The van der Waals surface area contributed by atoms with Crippen molar-refractivity contribution in [2.75, 3.05) is 7.11 Å². The predicted octanol–water partition coefficient (Wildman–Crippen LogP) is 3.28. The van der Waals surface area contributed by atoms with E-state index in [-0.39, 0.29) is 0 Å². The molecule has 0 spiro atoms. The summed E-state index contributed by atoms with van der Waals surface area (Å²) in [5, 5.41) is 9.18. The molecule has 0 radical (unpaired) electrons. The third kappa shape index (κ3) is 3.08. The summed E-state index contributed by atoms with van der Waals surface area (Å²) in [5.74, 6) is -0.0825. The van der Waals surface area contributed by atoms with Crippen LogP contribution < -0.4 is 9.47 Å². The van der Waals surface area contributed by atoms with E-state index in [1.165, 1.54) is 21.0 Å². The number of carboxylic acid groups (broad SMARTS) is 1. The molecule has 0 saturated heterocycles. The predicted molar refractivity (Wildman–Crippen MR) is 74.8 cm³/mol. The minimum atomic E-state index is -1.34. The minimum absolute atomic E-state index is 0.419. The highest BCUT2D eigenvalue weighted by Crippen LogP contribution is 2.39. The van der Waals surface area contributed by atoms with Crippen LogP contribution in [-0.4, -0.2) is 23.8 Å². The molecule has 19 heavy (non-hydrogen) atoms. The van der Waals surface area contributed by atoms with Crippen LogP contribution in [0.5, 0.6) is 11.5 Å². The largest absolute Gasteiger partial charge is 0.493 e. The molecule has 0 aromatic heterocycles. The van der Waals surface area contributed by atoms with Crippen LogP contribution in [0.25, 0.3) is 5.57 Å². The lowest BCUT2D eigenvalue weighted by atomic mass is 10.0. The Balaban J connectivity index is 3.42. The highest BCUT2D eigenvalue weighted by atomic mass is 16.5. The highest BCUT2D eigenvalue weighted by molar-refractivity contribution is 5.78. The van der Waals surface area contributed by atoms with Gasteiger partial charge in [-0.2, -0.15) is 0 Å². The molecule has 1 N–H and O–H groups in total. The Morgan fingerprint density at radius 3 is 2.32 bits per heavy atom. The Labute approximate surface area is 113 Å². The van der Waals surface area contributed by atoms with E-state index in [4.69, 9.17) is 9.47 Å². The van der Waals surface area contributed by atoms with Crippen LogP contribution in [0.1, 0.15) is 31.9 Å². The van der Waals surface area contributed by atoms with Crippen LogP contribution in [0.3, 0.4) is 0 Å². The van der Waals surface area contributed by atoms with E-state index < -0.39 is 11.6 Å². The summed E-state index contributed by atoms with van der Waals surface area (Å²) < 4.78 is 11.0. The molecule has 0 fully saturated rings. The van der Waals surface area contributed by atoms with Crippen LogP contribution in [0.4, 0.5) is 0 Å². The fourth-order valence-corrected chi connectivity index (χ4v) is 1.65. The van der Waals surface area contributed by atoms with Crippen LogP contribution in [0.15, 0.2) is 18.7 Å². The quantitative estimate of drug-likeness (QED) is 0.886. The molecule has 1 aromatic rings. The molecule has 104 valence electrons. The van der Waals surface area contributed by atoms with Gasteiger partial charge in [0.05, 0.1) is 7.11 Å². The van der Waals surface area contributed by atoms with Crippen molar-refractivity contribution in [3.8, 4) is 11.5 Å². The molecule has 1 aromatic carbocycles. The second-order valence-electron chi connectivity index (χ2n) is 4.99. The number of allylic oxidation sites excluding steroid dienone is 1. The topological polar surface area (TPSA) is 55.8 Å². The van der Waals surface area contributed by atoms with Gasteiger partial charge in [0, 0.05) is 5.56 Å². The molecule has 0 aliphatic rings. The standard InChI is InChI=1S/C15H20O4/c1-9(2)11-8-7-10(3)12(18-6)13(11)19-15(4,5)14(16)17/h7-8H,1H2,2-6H3,(H,16,17). The molecule has 1 rings (SSSR count). The first kappa shape index (κ1) is 15.1. The summed E-state index contributed by atoms with van der Waals surface area (Å²) in [4.78, 5) is 11.2. The van der Waals surface area contributed by atoms with Crippen LogP contribution in [0.2, 0.25) is 0 Å². The summed E-state index contributed by atoms with van der Waals surface area (Å²) in [6.45, 7) is 10.6. The van der Waals surface area contributed by atoms with Gasteiger partial charge in [-0.3, -0.25) is 0 Å². The van der Waals surface area contributed by atoms with Crippen molar-refractivity contribution in [1.82, 2.24) is 0 Å². The minimum Gasteiger partial charge on any atom is -0.493 e. The number of rotatable bonds is 5. The van der Waals surface area contributed by atoms with E-state index >= 15 is 0 Å². The Hall–Kier alpha value is -1.97. The maximum absolute atomic E-state index is 11.2. The lowest BCUT2D eigenvalue weighted by molar-refractivity contribution is -0.152. The number of aliphatic carboxylic acids is 1. The molecule has 0 bridgehead atoms. The zero-order valence-corrected chi connectivity index (χ0v) is 12.0. The van der Waals surface area contributed by atoms with E-state index in [2.05, 4.69) is 6.58 Å². The van der Waals surface area contributed by atoms with E-state index in [0.29, 0.717) is 11.5 Å². The zero-order chi connectivity index (χ0) is 14.8. The Bertz CT molecular complexity index is 515. The Morgan fingerprint density at radius 2 is 1.89 bits per heavy atom. The summed E-state index contributed by atoms with van der Waals surface area (Å²) in [6, 6.07) is 3.75. The number of ether oxygens (including phenoxy) is 2. The molecule has 0 aliphatic heterocycles. The molecule has 0 heterocycles. The number of carbonyl (C=O) groups is 1. The first-order valence-electron chi connectivity index (χ1n) is 5.96. The first-order chi connectivity index (χ1) is 8.70. The SMILES string of the molecule is C=C(C)c1ccc(C)c(OC)c1OC(C)(C)C(=O)O. The fraction of sp³-hybridized carbons (Fsp3) is 0.400. The van der Waals surface area contributed by atoms with E-state index in [0.717, 1.165) is 16.7 Å². The highest BCUT2D eigenvalue weighted by Gasteiger charge is 2.32. The van der Waals surface area contributed by atoms with Crippen molar-refractivity contribution in [3.05, 3.63) is 29.8 Å². The van der Waals surface area contributed by atoms with Crippen LogP contribution in [0, 0.1) is 6.92 Å². The third-order valence-corrected chi connectivity index (χ3v) is 2.85. The second-order valence-corrected chi connectivity index (χ2v) is 4.99. The lowest BCUT2D eigenvalue weighted by Gasteiger charge is -2.25. The number of aryl methyl sites for hydroxylation is 1. The maximum atomic E-state index is 11.2. The van der Waals surface area contributed by atoms with Gasteiger partial charge >= 0.3 is 5.97 Å². The number of carboxylic acids is 1. The molecular formula is C15H20O4. The molecule has 0 aliphatic carbocycles. The van der Waals surface area contributed by atoms with Gasteiger partial charge in [0.2, 0.25) is 0 Å². The normalized spacial score (nSPS) is 11.0. The number of benzene rings is 1. The van der Waals surface area contributed by atoms with Gasteiger partial charge in [0.25, 0.3) is 0 Å². The average Bonchev–Trinajstić information content (AvgIpc) is 2.28. The molecule has 0 saturated carbocycles. The van der Waals surface area contributed by atoms with Gasteiger partial charge in [0.1, 0.15) is 0 Å². The van der Waals surface area contributed by atoms with Crippen molar-refractivity contribution < 1.29 is 19.4 Å². The Kier molecular flexibility index (Phi) is 4.24. The molecule has 0 amide bonds. The van der Waals surface area contributed by atoms with Gasteiger partial charge in [-0.25, -0.2) is 4.79 Å². The molecule has 4 heteroatoms. The Morgan fingerprint density at radius 1 is 1.32 bits per heavy atom. The summed E-state index contributed by atoms with van der Waals surface area (Å²) >= 11 is 0. The molecule has 0 unspecified atom stereocenters. The van der Waals surface area contributed by atoms with Crippen molar-refractivity contribution in [2.45, 2.75) is 33.3 Å². The monoisotopic (exact) mass is 264 g/mol. The third-order valence-electron chi connectivity index (χ3n) is 2.85. The van der Waals surface area contributed by atoms with Crippen molar-refractivity contribution >= 4 is 11.5 Å². The number of hydrogen-bond donors (Lipinski definition) is 1. The maximum Gasteiger partial charge on any atom is 0.347 e. The van der Waals surface area contributed by atoms with Gasteiger partial charge in [0.15, 0.2) is 17.1 Å². The van der Waals surface area contributed by atoms with Gasteiger partial charge in [-0.1, -0.05) is 18.7 Å². The number of hydrogen-bond acceptors (Lipinski definition) is 3. The van der Waals surface area contributed by atoms with E-state index in [9.17, 15) is 9.90 Å². The lowest BCUT2D eigenvalue weighted by Crippen LogP contribution is -2.38. The summed E-state index contributed by atoms with van der Waals surface area (Å²) in [5.41, 5.74) is 1.07. The van der Waals surface area contributed by atoms with Crippen LogP contribution >= 0.6 is 0 Å². The van der Waals surface area contributed by atoms with Crippen LogP contribution in [-0.2, 0) is 4.79 Å². The number of methoxy groups -OCH3 is 1. The van der Waals surface area contributed by atoms with Crippen molar-refractivity contribution in [2.24, 2.45) is 0 Å². The van der Waals surface area contributed by atoms with E-state index in [1.807, 2.05) is 26.0 Å². The average molecular weight is 264 g/mol. The fourth-order valence-electron chi connectivity index (χ4n) is 1.65. The summed E-state index contributed by atoms with van der Waals surface area (Å²) in [6.07, 6.45) is 0. The van der Waals surface area contributed by atoms with Crippen molar-refractivity contribution in [3.63, 3.8) is 0 Å². The van der Waals surface area contributed by atoms with Crippen molar-refractivity contribution in [1.29, 1.82) is 0 Å². The summed E-state index contributed by atoms with van der Waals surface area (Å²) in [7, 11) is 1.53. The zero-order valence-electron chi connectivity index (χ0n) is 12.0. The first-order valence-corrected chi connectivity index (χ1v) is 5.96. The molecule has 0 atom stereocenters. The van der Waals surface area contributed by atoms with E-state index in [1.54, 1.807) is 0 Å². The molecular weight excluding hydrogens is 244 g/mol. The van der Waals surface area contributed by atoms with Gasteiger partial charge < -0.3 is 14.6 Å². The van der Waals surface area contributed by atoms with Gasteiger partial charge in [-0.05, 0) is 38.8 Å². The smallest absolute Gasteiger partial charge is 0.347 e. The second kappa shape index (κ2) is 5.34. The molecule has 4 nitrogen and oxygen atoms in total.